The van der Waals surface area contributed by atoms with E-state index >= 15 is 0 Å². The lowest BCUT2D eigenvalue weighted by Gasteiger charge is -2.04. The largest absolute Gasteiger partial charge is 0.312 e. The Morgan fingerprint density at radius 1 is 1.32 bits per heavy atom. The third kappa shape index (κ3) is 3.44. The second-order valence-corrected chi connectivity index (χ2v) is 6.68. The zero-order chi connectivity index (χ0) is 13.8. The Balaban J connectivity index is 2.40. The highest BCUT2D eigenvalue weighted by atomic mass is 79.9. The first-order valence-corrected chi connectivity index (χ1v) is 8.19. The van der Waals surface area contributed by atoms with Crippen LogP contribution in [0.15, 0.2) is 28.7 Å². The van der Waals surface area contributed by atoms with Gasteiger partial charge in [0.15, 0.2) is 0 Å². The van der Waals surface area contributed by atoms with Crippen LogP contribution in [0.3, 0.4) is 0 Å². The quantitative estimate of drug-likeness (QED) is 0.846. The molecule has 2 rings (SSSR count). The molecule has 2 aromatic rings. The molecule has 0 aliphatic rings. The van der Waals surface area contributed by atoms with Crippen molar-refractivity contribution < 1.29 is 0 Å². The molecule has 2 nitrogen and oxygen atoms in total. The molecule has 19 heavy (non-hydrogen) atoms. The fourth-order valence-corrected chi connectivity index (χ4v) is 3.76. The molecule has 0 unspecified atom stereocenters. The molecular formula is C15H19BrN2S. The maximum atomic E-state index is 4.84. The normalized spacial score (nSPS) is 11.2. The summed E-state index contributed by atoms with van der Waals surface area (Å²) in [6, 6.07) is 8.27. The minimum Gasteiger partial charge on any atom is -0.312 e. The van der Waals surface area contributed by atoms with Gasteiger partial charge in [-0.25, -0.2) is 4.98 Å². The lowest BCUT2D eigenvalue weighted by atomic mass is 10.1. The van der Waals surface area contributed by atoms with Gasteiger partial charge >= 0.3 is 0 Å². The van der Waals surface area contributed by atoms with Crippen molar-refractivity contribution in [2.75, 3.05) is 6.54 Å². The van der Waals surface area contributed by atoms with Crippen LogP contribution < -0.4 is 5.32 Å². The summed E-state index contributed by atoms with van der Waals surface area (Å²) in [5.41, 5.74) is 2.40. The van der Waals surface area contributed by atoms with Crippen molar-refractivity contribution in [1.29, 1.82) is 0 Å². The third-order valence-electron chi connectivity index (χ3n) is 2.91. The van der Waals surface area contributed by atoms with Crippen LogP contribution in [-0.2, 0) is 6.54 Å². The van der Waals surface area contributed by atoms with Gasteiger partial charge in [-0.1, -0.05) is 54.9 Å². The van der Waals surface area contributed by atoms with Crippen molar-refractivity contribution >= 4 is 27.3 Å². The van der Waals surface area contributed by atoms with Crippen LogP contribution >= 0.6 is 27.3 Å². The zero-order valence-electron chi connectivity index (χ0n) is 11.5. The van der Waals surface area contributed by atoms with Gasteiger partial charge in [0.2, 0.25) is 0 Å². The Morgan fingerprint density at radius 3 is 2.68 bits per heavy atom. The molecule has 0 saturated heterocycles. The molecule has 0 bridgehead atoms. The van der Waals surface area contributed by atoms with E-state index in [0.717, 1.165) is 22.6 Å². The van der Waals surface area contributed by atoms with E-state index < -0.39 is 0 Å². The number of hydrogen-bond acceptors (Lipinski definition) is 3. The fraction of sp³-hybridized carbons (Fsp3) is 0.400. The van der Waals surface area contributed by atoms with Crippen molar-refractivity contribution in [3.63, 3.8) is 0 Å². The van der Waals surface area contributed by atoms with E-state index in [9.17, 15) is 0 Å². The van der Waals surface area contributed by atoms with Gasteiger partial charge in [0, 0.05) is 21.5 Å². The predicted octanol–water partition coefficient (Wildman–Crippen LogP) is 4.81. The maximum Gasteiger partial charge on any atom is 0.125 e. The Hall–Kier alpha value is -0.710. The highest BCUT2D eigenvalue weighted by Gasteiger charge is 2.16. The van der Waals surface area contributed by atoms with E-state index in [-0.39, 0.29) is 0 Å². The molecular weight excluding hydrogens is 320 g/mol. The molecule has 102 valence electrons. The lowest BCUT2D eigenvalue weighted by molar-refractivity contribution is 0.714. The van der Waals surface area contributed by atoms with Crippen molar-refractivity contribution in [3.05, 3.63) is 39.3 Å². The monoisotopic (exact) mass is 338 g/mol. The summed E-state index contributed by atoms with van der Waals surface area (Å²) < 4.78 is 1.11. The Morgan fingerprint density at radius 2 is 2.05 bits per heavy atom. The molecule has 1 aromatic heterocycles. The van der Waals surface area contributed by atoms with Crippen molar-refractivity contribution in [1.82, 2.24) is 10.3 Å². The molecule has 1 aromatic carbocycles. The smallest absolute Gasteiger partial charge is 0.125 e. The van der Waals surface area contributed by atoms with E-state index in [4.69, 9.17) is 4.98 Å². The van der Waals surface area contributed by atoms with Crippen LogP contribution in [0, 0.1) is 0 Å². The second-order valence-electron chi connectivity index (χ2n) is 4.74. The van der Waals surface area contributed by atoms with Crippen LogP contribution in [0.2, 0.25) is 0 Å². The first-order chi connectivity index (χ1) is 9.13. The summed E-state index contributed by atoms with van der Waals surface area (Å²) in [5, 5.41) is 4.50. The van der Waals surface area contributed by atoms with E-state index in [2.05, 4.69) is 60.2 Å². The van der Waals surface area contributed by atoms with Gasteiger partial charge in [-0.3, -0.25) is 0 Å². The average molecular weight is 339 g/mol. The summed E-state index contributed by atoms with van der Waals surface area (Å²) in [5.74, 6) is 0.459. The maximum absolute atomic E-state index is 4.84. The fourth-order valence-electron chi connectivity index (χ4n) is 1.93. The summed E-state index contributed by atoms with van der Waals surface area (Å²) >= 11 is 5.40. The van der Waals surface area contributed by atoms with E-state index in [1.165, 1.54) is 16.1 Å². The van der Waals surface area contributed by atoms with Crippen LogP contribution in [0.25, 0.3) is 10.6 Å². The highest BCUT2D eigenvalue weighted by molar-refractivity contribution is 9.10. The Kier molecular flexibility index (Phi) is 5.13. The number of thiazole rings is 1. The molecule has 0 aliphatic heterocycles. The average Bonchev–Trinajstić information content (AvgIpc) is 2.81. The number of aromatic nitrogens is 1. The molecule has 1 heterocycles. The van der Waals surface area contributed by atoms with Gasteiger partial charge in [0.1, 0.15) is 5.01 Å². The van der Waals surface area contributed by atoms with E-state index in [1.54, 1.807) is 11.3 Å². The first kappa shape index (κ1) is 14.7. The minimum absolute atomic E-state index is 0.459. The van der Waals surface area contributed by atoms with Crippen LogP contribution in [0.5, 0.6) is 0 Å². The predicted molar refractivity (Wildman–Crippen MR) is 86.7 cm³/mol. The topological polar surface area (TPSA) is 24.9 Å². The number of hydrogen-bond donors (Lipinski definition) is 1. The molecule has 0 saturated carbocycles. The van der Waals surface area contributed by atoms with Gasteiger partial charge in [0.05, 0.1) is 5.69 Å². The number of nitrogens with zero attached hydrogens (tertiary/aromatic N) is 1. The minimum atomic E-state index is 0.459. The Labute approximate surface area is 127 Å². The zero-order valence-corrected chi connectivity index (χ0v) is 13.9. The molecule has 0 aliphatic carbocycles. The van der Waals surface area contributed by atoms with Crippen molar-refractivity contribution in [2.45, 2.75) is 33.2 Å². The lowest BCUT2D eigenvalue weighted by Crippen LogP contribution is -2.12. The van der Waals surface area contributed by atoms with Crippen molar-refractivity contribution in [2.24, 2.45) is 0 Å². The van der Waals surface area contributed by atoms with Crippen LogP contribution in [-0.4, -0.2) is 11.5 Å². The van der Waals surface area contributed by atoms with E-state index in [1.807, 2.05) is 6.07 Å². The van der Waals surface area contributed by atoms with Gasteiger partial charge in [-0.05, 0) is 18.5 Å². The summed E-state index contributed by atoms with van der Waals surface area (Å²) in [6.45, 7) is 8.43. The molecule has 0 spiro atoms. The molecule has 0 fully saturated rings. The second kappa shape index (κ2) is 6.64. The van der Waals surface area contributed by atoms with Gasteiger partial charge in [-0.2, -0.15) is 0 Å². The van der Waals surface area contributed by atoms with Gasteiger partial charge in [0.25, 0.3) is 0 Å². The van der Waals surface area contributed by atoms with Crippen molar-refractivity contribution in [3.8, 4) is 10.6 Å². The van der Waals surface area contributed by atoms with Crippen LogP contribution in [0.4, 0.5) is 0 Å². The highest BCUT2D eigenvalue weighted by Crippen LogP contribution is 2.35. The van der Waals surface area contributed by atoms with Gasteiger partial charge < -0.3 is 5.32 Å². The Bertz CT molecular complexity index is 549. The standard InChI is InChI=1S/C15H19BrN2S/c1-4-17-9-13-14(10(2)3)18-15(19-13)11-7-5-6-8-12(11)16/h5-8,10,17H,4,9H2,1-3H3. The summed E-state index contributed by atoms with van der Waals surface area (Å²) in [4.78, 5) is 6.19. The summed E-state index contributed by atoms with van der Waals surface area (Å²) in [6.07, 6.45) is 0. The SMILES string of the molecule is CCNCc1sc(-c2ccccc2Br)nc1C(C)C. The molecule has 0 radical (unpaired) electrons. The summed E-state index contributed by atoms with van der Waals surface area (Å²) in [7, 11) is 0. The molecule has 0 amide bonds. The molecule has 4 heteroatoms. The number of benzene rings is 1. The number of nitrogens with one attached hydrogen (secondary N) is 1. The first-order valence-electron chi connectivity index (χ1n) is 6.58. The number of halogens is 1. The van der Waals surface area contributed by atoms with Gasteiger partial charge in [-0.15, -0.1) is 11.3 Å². The van der Waals surface area contributed by atoms with E-state index in [0.29, 0.717) is 5.92 Å². The number of rotatable bonds is 5. The molecule has 0 atom stereocenters. The molecule has 1 N–H and O–H groups in total. The van der Waals surface area contributed by atoms with Crippen LogP contribution in [0.1, 0.15) is 37.3 Å². The third-order valence-corrected chi connectivity index (χ3v) is 4.71.